The summed E-state index contributed by atoms with van der Waals surface area (Å²) in [6.45, 7) is 0. The Balaban J connectivity index is 1.41. The molecule has 0 spiro atoms. The van der Waals surface area contributed by atoms with Gasteiger partial charge in [-0.3, -0.25) is 9.97 Å². The summed E-state index contributed by atoms with van der Waals surface area (Å²) in [4.78, 5) is 11.0. The van der Waals surface area contributed by atoms with Crippen LogP contribution in [0.1, 0.15) is 22.5 Å². The quantitative estimate of drug-likeness (QED) is 0.181. The molecule has 0 bridgehead atoms. The molecule has 50 heavy (non-hydrogen) atoms. The lowest BCUT2D eigenvalue weighted by atomic mass is 9.66. The highest BCUT2D eigenvalue weighted by Crippen LogP contribution is 2.56. The third kappa shape index (κ3) is 5.08. The fraction of sp³-hybridized carbons (Fsp3) is 0.0213. The topological polar surface area (TPSA) is 35.0 Å². The molecule has 0 unspecified atom stereocenters. The molecule has 0 amide bonds. The van der Waals surface area contributed by atoms with Crippen molar-refractivity contribution < 1.29 is 4.74 Å². The van der Waals surface area contributed by atoms with Gasteiger partial charge in [-0.1, -0.05) is 146 Å². The molecule has 6 aromatic carbocycles. The first-order valence-corrected chi connectivity index (χ1v) is 16.9. The summed E-state index contributed by atoms with van der Waals surface area (Å²) in [6, 6.07) is 67.5. The molecule has 236 valence electrons. The number of hydrogen-bond acceptors (Lipinski definition) is 3. The number of aromatic nitrogens is 2. The molecule has 2 aromatic heterocycles. The number of benzene rings is 6. The average molecular weight is 641 g/mol. The maximum Gasteiger partial charge on any atom is 0.132 e. The molecule has 3 nitrogen and oxygen atoms in total. The van der Waals surface area contributed by atoms with Crippen LogP contribution in [0.15, 0.2) is 194 Å². The summed E-state index contributed by atoms with van der Waals surface area (Å²) in [5.74, 6) is 1.56. The largest absolute Gasteiger partial charge is 0.457 e. The number of pyridine rings is 2. The normalized spacial score (nSPS) is 12.7. The number of ether oxygens (including phenoxy) is 1. The van der Waals surface area contributed by atoms with Crippen LogP contribution in [0, 0.1) is 0 Å². The molecule has 0 atom stereocenters. The van der Waals surface area contributed by atoms with Crippen LogP contribution in [-0.4, -0.2) is 9.97 Å². The zero-order valence-corrected chi connectivity index (χ0v) is 27.3. The van der Waals surface area contributed by atoms with Crippen LogP contribution in [0.4, 0.5) is 0 Å². The van der Waals surface area contributed by atoms with E-state index >= 15 is 0 Å². The van der Waals surface area contributed by atoms with E-state index in [0.717, 1.165) is 78.8 Å². The van der Waals surface area contributed by atoms with Gasteiger partial charge in [-0.2, -0.15) is 0 Å². The van der Waals surface area contributed by atoms with E-state index in [1.54, 1.807) is 0 Å². The lowest BCUT2D eigenvalue weighted by Gasteiger charge is -2.40. The molecule has 1 aliphatic rings. The molecule has 1 aliphatic heterocycles. The highest BCUT2D eigenvalue weighted by Gasteiger charge is 2.48. The predicted octanol–water partition coefficient (Wildman–Crippen LogP) is 11.6. The molecule has 0 N–H and O–H groups in total. The highest BCUT2D eigenvalue weighted by molar-refractivity contribution is 5.77. The van der Waals surface area contributed by atoms with Gasteiger partial charge < -0.3 is 4.74 Å². The van der Waals surface area contributed by atoms with E-state index in [1.807, 2.05) is 12.1 Å². The molecule has 0 saturated carbocycles. The number of rotatable bonds is 6. The summed E-state index contributed by atoms with van der Waals surface area (Å²) in [5, 5.41) is 0. The third-order valence-electron chi connectivity index (χ3n) is 9.61. The number of fused-ring (bicyclic) bond motifs is 2. The van der Waals surface area contributed by atoms with Crippen LogP contribution in [0.25, 0.3) is 44.8 Å². The Bertz CT molecular complexity index is 2270. The SMILES string of the molecule is c1ccc(-c2ccc3c(c2)C(c2cccc(-c4ccccc4)n2)(c2cccc(-c4ccccc4)n2)c2cc(-c4ccccc4)ccc2O3)cc1. The standard InChI is InChI=1S/C47H32N2O/c1-5-15-33(16-6-1)37-27-29-43-39(31-37)47(45-25-13-23-41(48-45)35-19-9-3-10-20-35,46-26-14-24-42(49-46)36-21-11-4-12-22-36)40-32-38(28-30-44(40)50-43)34-17-7-2-8-18-34/h1-32H. The molecule has 0 fully saturated rings. The van der Waals surface area contributed by atoms with E-state index in [-0.39, 0.29) is 0 Å². The fourth-order valence-electron chi connectivity index (χ4n) is 7.22. The van der Waals surface area contributed by atoms with Crippen molar-refractivity contribution in [2.75, 3.05) is 0 Å². The van der Waals surface area contributed by atoms with Gasteiger partial charge in [0, 0.05) is 22.3 Å². The molecule has 0 saturated heterocycles. The number of hydrogen-bond donors (Lipinski definition) is 0. The van der Waals surface area contributed by atoms with E-state index in [9.17, 15) is 0 Å². The first-order chi connectivity index (χ1) is 24.8. The maximum absolute atomic E-state index is 6.83. The van der Waals surface area contributed by atoms with Crippen molar-refractivity contribution in [3.05, 3.63) is 217 Å². The first-order valence-electron chi connectivity index (χ1n) is 16.9. The van der Waals surface area contributed by atoms with Crippen molar-refractivity contribution in [2.24, 2.45) is 0 Å². The second-order valence-electron chi connectivity index (χ2n) is 12.6. The molecule has 3 heterocycles. The van der Waals surface area contributed by atoms with E-state index in [0.29, 0.717) is 0 Å². The Morgan fingerprint density at radius 1 is 0.320 bits per heavy atom. The van der Waals surface area contributed by atoms with Crippen LogP contribution in [0.2, 0.25) is 0 Å². The Morgan fingerprint density at radius 3 is 1.10 bits per heavy atom. The maximum atomic E-state index is 6.83. The lowest BCUT2D eigenvalue weighted by molar-refractivity contribution is 0.430. The van der Waals surface area contributed by atoms with Gasteiger partial charge in [-0.15, -0.1) is 0 Å². The lowest BCUT2D eigenvalue weighted by Crippen LogP contribution is -2.36. The zero-order valence-electron chi connectivity index (χ0n) is 27.3. The third-order valence-corrected chi connectivity index (χ3v) is 9.61. The second kappa shape index (κ2) is 12.5. The van der Waals surface area contributed by atoms with Crippen molar-refractivity contribution >= 4 is 0 Å². The van der Waals surface area contributed by atoms with Gasteiger partial charge in [0.25, 0.3) is 0 Å². The van der Waals surface area contributed by atoms with Gasteiger partial charge in [0.2, 0.25) is 0 Å². The van der Waals surface area contributed by atoms with E-state index in [1.165, 1.54) is 0 Å². The Kier molecular flexibility index (Phi) is 7.37. The number of nitrogens with zero attached hydrogens (tertiary/aromatic N) is 2. The van der Waals surface area contributed by atoms with Crippen molar-refractivity contribution in [2.45, 2.75) is 5.41 Å². The van der Waals surface area contributed by atoms with Gasteiger partial charge in [-0.25, -0.2) is 0 Å². The molecule has 0 aliphatic carbocycles. The van der Waals surface area contributed by atoms with Gasteiger partial charge in [-0.05, 0) is 70.8 Å². The molecule has 3 heteroatoms. The summed E-state index contributed by atoms with van der Waals surface area (Å²) in [7, 11) is 0. The monoisotopic (exact) mass is 640 g/mol. The van der Waals surface area contributed by atoms with Crippen molar-refractivity contribution in [3.63, 3.8) is 0 Å². The molecule has 8 aromatic rings. The predicted molar refractivity (Wildman–Crippen MR) is 202 cm³/mol. The highest BCUT2D eigenvalue weighted by atomic mass is 16.5. The van der Waals surface area contributed by atoms with Crippen LogP contribution in [0.5, 0.6) is 11.5 Å². The van der Waals surface area contributed by atoms with Gasteiger partial charge in [0.1, 0.15) is 16.9 Å². The molecule has 0 radical (unpaired) electrons. The van der Waals surface area contributed by atoms with Crippen molar-refractivity contribution in [1.82, 2.24) is 9.97 Å². The average Bonchev–Trinajstić information content (AvgIpc) is 3.21. The first kappa shape index (κ1) is 29.6. The van der Waals surface area contributed by atoms with Crippen LogP contribution < -0.4 is 4.74 Å². The van der Waals surface area contributed by atoms with Crippen LogP contribution in [0.3, 0.4) is 0 Å². The molecular formula is C47H32N2O. The summed E-state index contributed by atoms with van der Waals surface area (Å²) in [6.07, 6.45) is 0. The zero-order chi connectivity index (χ0) is 33.3. The second-order valence-corrected chi connectivity index (χ2v) is 12.6. The van der Waals surface area contributed by atoms with Gasteiger partial charge in [0.15, 0.2) is 0 Å². The minimum absolute atomic E-state index is 0.781. The van der Waals surface area contributed by atoms with Crippen LogP contribution in [-0.2, 0) is 5.41 Å². The summed E-state index contributed by atoms with van der Waals surface area (Å²) in [5.41, 5.74) is 11.2. The minimum Gasteiger partial charge on any atom is -0.457 e. The van der Waals surface area contributed by atoms with Gasteiger partial charge >= 0.3 is 0 Å². The van der Waals surface area contributed by atoms with E-state index in [4.69, 9.17) is 14.7 Å². The van der Waals surface area contributed by atoms with E-state index < -0.39 is 5.41 Å². The Hall–Kier alpha value is -6.58. The van der Waals surface area contributed by atoms with E-state index in [2.05, 4.69) is 182 Å². The fourth-order valence-corrected chi connectivity index (χ4v) is 7.22. The Morgan fingerprint density at radius 2 is 0.700 bits per heavy atom. The van der Waals surface area contributed by atoms with Crippen molar-refractivity contribution in [1.29, 1.82) is 0 Å². The Labute approximate surface area is 292 Å². The summed E-state index contributed by atoms with van der Waals surface area (Å²) < 4.78 is 6.83. The smallest absolute Gasteiger partial charge is 0.132 e. The van der Waals surface area contributed by atoms with Gasteiger partial charge in [0.05, 0.1) is 22.8 Å². The van der Waals surface area contributed by atoms with Crippen molar-refractivity contribution in [3.8, 4) is 56.3 Å². The summed E-state index contributed by atoms with van der Waals surface area (Å²) >= 11 is 0. The van der Waals surface area contributed by atoms with Crippen LogP contribution >= 0.6 is 0 Å². The minimum atomic E-state index is -0.936. The molecule has 9 rings (SSSR count). The molecular weight excluding hydrogens is 609 g/mol.